The van der Waals surface area contributed by atoms with Crippen molar-refractivity contribution in [3.8, 4) is 11.5 Å². The van der Waals surface area contributed by atoms with Crippen LogP contribution in [-0.4, -0.2) is 27.6 Å². The Morgan fingerprint density at radius 3 is 2.28 bits per heavy atom. The third-order valence-corrected chi connectivity index (χ3v) is 5.88. The topological polar surface area (TPSA) is 89.5 Å². The number of aryl methyl sites for hydroxylation is 2. The maximum atomic E-state index is 13.0. The molecule has 0 aliphatic carbocycles. The molecule has 0 fully saturated rings. The highest BCUT2D eigenvalue weighted by Crippen LogP contribution is 2.32. The van der Waals surface area contributed by atoms with E-state index in [9.17, 15) is 8.42 Å². The number of nitrogens with zero attached hydrogens (tertiary/aromatic N) is 1. The fourth-order valence-electron chi connectivity index (χ4n) is 2.77. The summed E-state index contributed by atoms with van der Waals surface area (Å²) in [5.74, 6) is 1.30. The predicted molar refractivity (Wildman–Crippen MR) is 114 cm³/mol. The van der Waals surface area contributed by atoms with Gasteiger partial charge in [0.05, 0.1) is 14.2 Å². The number of hydrogen-bond donors (Lipinski definition) is 2. The summed E-state index contributed by atoms with van der Waals surface area (Å²) in [6, 6.07) is 13.7. The van der Waals surface area contributed by atoms with Crippen molar-refractivity contribution >= 4 is 27.2 Å². The fraction of sp³-hybridized carbons (Fsp3) is 0.190. The fourth-order valence-corrected chi connectivity index (χ4v) is 3.93. The van der Waals surface area contributed by atoms with E-state index in [0.29, 0.717) is 22.9 Å². The zero-order chi connectivity index (χ0) is 21.0. The van der Waals surface area contributed by atoms with E-state index in [1.807, 2.05) is 19.9 Å². The molecule has 0 saturated carbocycles. The first-order chi connectivity index (χ1) is 13.8. The Labute approximate surface area is 170 Å². The number of sulfonamides is 1. The van der Waals surface area contributed by atoms with Crippen LogP contribution in [0.25, 0.3) is 0 Å². The van der Waals surface area contributed by atoms with Crippen LogP contribution in [0.5, 0.6) is 11.5 Å². The second-order valence-corrected chi connectivity index (χ2v) is 8.10. The van der Waals surface area contributed by atoms with Gasteiger partial charge >= 0.3 is 0 Å². The van der Waals surface area contributed by atoms with E-state index in [0.717, 1.165) is 11.1 Å². The smallest absolute Gasteiger partial charge is 0.265 e. The van der Waals surface area contributed by atoms with Gasteiger partial charge in [-0.25, -0.2) is 13.4 Å². The molecule has 1 aromatic heterocycles. The van der Waals surface area contributed by atoms with Gasteiger partial charge in [0.1, 0.15) is 4.90 Å². The summed E-state index contributed by atoms with van der Waals surface area (Å²) in [5, 5.41) is 3.05. The van der Waals surface area contributed by atoms with Crippen molar-refractivity contribution in [3.63, 3.8) is 0 Å². The molecule has 0 atom stereocenters. The number of benzene rings is 2. The van der Waals surface area contributed by atoms with Gasteiger partial charge in [-0.05, 0) is 61.4 Å². The number of nitrogens with one attached hydrogen (secondary N) is 2. The number of hydrogen-bond acceptors (Lipinski definition) is 6. The molecule has 0 saturated heterocycles. The summed E-state index contributed by atoms with van der Waals surface area (Å²) < 4.78 is 39.1. The number of aromatic nitrogens is 1. The summed E-state index contributed by atoms with van der Waals surface area (Å²) >= 11 is 0. The monoisotopic (exact) mass is 413 g/mol. The van der Waals surface area contributed by atoms with E-state index >= 15 is 0 Å². The summed E-state index contributed by atoms with van der Waals surface area (Å²) in [4.78, 5) is 4.24. The molecule has 1 heterocycles. The van der Waals surface area contributed by atoms with Crippen molar-refractivity contribution in [1.82, 2.24) is 4.98 Å². The molecular weight excluding hydrogens is 390 g/mol. The zero-order valence-corrected chi connectivity index (χ0v) is 17.5. The lowest BCUT2D eigenvalue weighted by molar-refractivity contribution is 0.355. The van der Waals surface area contributed by atoms with Gasteiger partial charge in [0.25, 0.3) is 10.0 Å². The number of anilines is 3. The molecule has 0 unspecified atom stereocenters. The highest BCUT2D eigenvalue weighted by Gasteiger charge is 2.20. The van der Waals surface area contributed by atoms with Crippen molar-refractivity contribution in [2.45, 2.75) is 18.7 Å². The van der Waals surface area contributed by atoms with Crippen LogP contribution in [-0.2, 0) is 10.0 Å². The maximum absolute atomic E-state index is 13.0. The third kappa shape index (κ3) is 4.60. The largest absolute Gasteiger partial charge is 0.493 e. The molecule has 3 aromatic rings. The summed E-state index contributed by atoms with van der Waals surface area (Å²) in [7, 11) is -0.771. The number of ether oxygens (including phenoxy) is 2. The van der Waals surface area contributed by atoms with Gasteiger partial charge in [-0.3, -0.25) is 4.72 Å². The highest BCUT2D eigenvalue weighted by atomic mass is 32.2. The Morgan fingerprint density at radius 1 is 0.862 bits per heavy atom. The summed E-state index contributed by atoms with van der Waals surface area (Å²) in [6.45, 7) is 3.90. The second kappa shape index (κ2) is 8.40. The Morgan fingerprint density at radius 2 is 1.59 bits per heavy atom. The lowest BCUT2D eigenvalue weighted by atomic mass is 10.1. The molecule has 0 amide bonds. The van der Waals surface area contributed by atoms with E-state index < -0.39 is 10.0 Å². The van der Waals surface area contributed by atoms with Crippen molar-refractivity contribution in [2.75, 3.05) is 24.3 Å². The van der Waals surface area contributed by atoms with Crippen LogP contribution < -0.4 is 19.5 Å². The number of methoxy groups -OCH3 is 2. The first kappa shape index (κ1) is 20.5. The van der Waals surface area contributed by atoms with Gasteiger partial charge in [0.15, 0.2) is 17.3 Å². The van der Waals surface area contributed by atoms with Gasteiger partial charge in [0.2, 0.25) is 0 Å². The van der Waals surface area contributed by atoms with E-state index in [4.69, 9.17) is 9.47 Å². The van der Waals surface area contributed by atoms with Crippen molar-refractivity contribution in [2.24, 2.45) is 0 Å². The van der Waals surface area contributed by atoms with Crippen molar-refractivity contribution in [3.05, 3.63) is 65.9 Å². The van der Waals surface area contributed by atoms with Crippen molar-refractivity contribution < 1.29 is 17.9 Å². The Balaban J connectivity index is 1.93. The minimum Gasteiger partial charge on any atom is -0.493 e. The Bertz CT molecular complexity index is 1130. The van der Waals surface area contributed by atoms with Crippen LogP contribution in [0.15, 0.2) is 59.6 Å². The molecule has 8 heteroatoms. The van der Waals surface area contributed by atoms with Gasteiger partial charge in [0, 0.05) is 23.6 Å². The second-order valence-electron chi connectivity index (χ2n) is 6.45. The van der Waals surface area contributed by atoms with E-state index in [1.54, 1.807) is 43.5 Å². The van der Waals surface area contributed by atoms with Gasteiger partial charge in [-0.2, -0.15) is 0 Å². The van der Waals surface area contributed by atoms with Crippen LogP contribution >= 0.6 is 0 Å². The molecule has 0 bridgehead atoms. The lowest BCUT2D eigenvalue weighted by Crippen LogP contribution is -2.15. The molecule has 0 aliphatic rings. The molecule has 7 nitrogen and oxygen atoms in total. The molecule has 29 heavy (non-hydrogen) atoms. The molecule has 2 aromatic carbocycles. The molecule has 0 radical (unpaired) electrons. The maximum Gasteiger partial charge on any atom is 0.265 e. The van der Waals surface area contributed by atoms with E-state index in [2.05, 4.69) is 15.0 Å². The molecule has 152 valence electrons. The minimum atomic E-state index is -3.85. The molecular formula is C21H23N3O4S. The molecule has 0 spiro atoms. The van der Waals surface area contributed by atoms with Crippen LogP contribution in [0, 0.1) is 13.8 Å². The first-order valence-corrected chi connectivity index (χ1v) is 10.4. The Hall–Kier alpha value is -3.26. The lowest BCUT2D eigenvalue weighted by Gasteiger charge is -2.15. The predicted octanol–water partition coefficient (Wildman–Crippen LogP) is 4.26. The standard InChI is InChI=1S/C21H23N3O4S/c1-14-7-8-17(12-15(14)2)24-29(25,26)20-6-5-11-22-21(20)23-16-9-10-18(27-3)19(13-16)28-4/h5-13,24H,1-4H3,(H,22,23). The van der Waals surface area contributed by atoms with Crippen LogP contribution in [0.2, 0.25) is 0 Å². The normalized spacial score (nSPS) is 11.0. The van der Waals surface area contributed by atoms with Gasteiger partial charge in [-0.15, -0.1) is 0 Å². The average molecular weight is 413 g/mol. The first-order valence-electron chi connectivity index (χ1n) is 8.88. The molecule has 3 rings (SSSR count). The van der Waals surface area contributed by atoms with Gasteiger partial charge < -0.3 is 14.8 Å². The number of rotatable bonds is 7. The van der Waals surface area contributed by atoms with Gasteiger partial charge in [-0.1, -0.05) is 6.07 Å². The summed E-state index contributed by atoms with van der Waals surface area (Å²) in [6.07, 6.45) is 1.53. The quantitative estimate of drug-likeness (QED) is 0.602. The van der Waals surface area contributed by atoms with Crippen LogP contribution in [0.3, 0.4) is 0 Å². The highest BCUT2D eigenvalue weighted by molar-refractivity contribution is 7.92. The average Bonchev–Trinajstić information content (AvgIpc) is 2.70. The van der Waals surface area contributed by atoms with E-state index in [-0.39, 0.29) is 10.7 Å². The SMILES string of the molecule is COc1ccc(Nc2ncccc2S(=O)(=O)Nc2ccc(C)c(C)c2)cc1OC. The third-order valence-electron chi connectivity index (χ3n) is 4.47. The van der Waals surface area contributed by atoms with E-state index in [1.165, 1.54) is 19.4 Å². The van der Waals surface area contributed by atoms with Crippen LogP contribution in [0.4, 0.5) is 17.2 Å². The van der Waals surface area contributed by atoms with Crippen LogP contribution in [0.1, 0.15) is 11.1 Å². The molecule has 0 aliphatic heterocycles. The van der Waals surface area contributed by atoms with Crippen molar-refractivity contribution in [1.29, 1.82) is 0 Å². The zero-order valence-electron chi connectivity index (χ0n) is 16.7. The number of pyridine rings is 1. The molecule has 2 N–H and O–H groups in total. The summed E-state index contributed by atoms with van der Waals surface area (Å²) in [5.41, 5.74) is 3.20. The Kier molecular flexibility index (Phi) is 5.93. The minimum absolute atomic E-state index is 0.0352.